The van der Waals surface area contributed by atoms with Crippen LogP contribution in [0.5, 0.6) is 0 Å². The van der Waals surface area contributed by atoms with E-state index in [-0.39, 0.29) is 11.3 Å². The lowest BCUT2D eigenvalue weighted by atomic mass is 9.92. The van der Waals surface area contributed by atoms with E-state index in [1.165, 1.54) is 18.2 Å². The maximum Gasteiger partial charge on any atom is 0.435 e. The minimum absolute atomic E-state index is 0.150. The van der Waals surface area contributed by atoms with Crippen molar-refractivity contribution in [2.45, 2.75) is 12.7 Å². The van der Waals surface area contributed by atoms with Gasteiger partial charge in [0.15, 0.2) is 17.3 Å². The largest absolute Gasteiger partial charge is 0.435 e. The van der Waals surface area contributed by atoms with Crippen molar-refractivity contribution in [2.75, 3.05) is 6.54 Å². The first kappa shape index (κ1) is 19.2. The van der Waals surface area contributed by atoms with Crippen LogP contribution in [0.1, 0.15) is 22.4 Å². The van der Waals surface area contributed by atoms with Crippen LogP contribution in [0.4, 0.5) is 22.0 Å². The molecule has 3 aromatic rings. The molecule has 0 fully saturated rings. The number of hydrogen-bond donors (Lipinski definition) is 1. The van der Waals surface area contributed by atoms with Crippen molar-refractivity contribution in [1.29, 1.82) is 0 Å². The van der Waals surface area contributed by atoms with Crippen LogP contribution in [-0.4, -0.2) is 16.7 Å². The molecule has 0 bridgehead atoms. The molecule has 1 aliphatic heterocycles. The summed E-state index contributed by atoms with van der Waals surface area (Å²) in [6.07, 6.45) is -2.78. The molecule has 0 saturated carbocycles. The number of nitrogens with zero attached hydrogens (tertiary/aromatic N) is 2. The quantitative estimate of drug-likeness (QED) is 0.614. The maximum absolute atomic E-state index is 14.3. The van der Waals surface area contributed by atoms with Crippen molar-refractivity contribution in [1.82, 2.24) is 15.5 Å². The van der Waals surface area contributed by atoms with Crippen molar-refractivity contribution in [3.05, 3.63) is 88.6 Å². The average molecular weight is 403 g/mol. The highest BCUT2D eigenvalue weighted by Crippen LogP contribution is 2.33. The molecule has 1 aliphatic rings. The SMILES string of the molecule is Fc1cccc(C2=CCNCc3cc(-c4ccc(C(F)(F)F)nn4)ccc32)c1F. The molecule has 2 aromatic carbocycles. The summed E-state index contributed by atoms with van der Waals surface area (Å²) in [5.74, 6) is -1.86. The Kier molecular flexibility index (Phi) is 4.87. The number of alkyl halides is 3. The number of rotatable bonds is 2. The van der Waals surface area contributed by atoms with Crippen LogP contribution in [0, 0.1) is 11.6 Å². The third-order valence-corrected chi connectivity index (χ3v) is 4.65. The van der Waals surface area contributed by atoms with E-state index < -0.39 is 23.5 Å². The second-order valence-corrected chi connectivity index (χ2v) is 6.52. The highest BCUT2D eigenvalue weighted by atomic mass is 19.4. The Balaban J connectivity index is 1.75. The zero-order valence-corrected chi connectivity index (χ0v) is 14.9. The predicted octanol–water partition coefficient (Wildman–Crippen LogP) is 4.98. The fourth-order valence-electron chi connectivity index (χ4n) is 3.26. The van der Waals surface area contributed by atoms with Gasteiger partial charge in [0, 0.05) is 24.2 Å². The number of hydrogen-bond acceptors (Lipinski definition) is 3. The smallest absolute Gasteiger partial charge is 0.309 e. The molecule has 0 radical (unpaired) electrons. The summed E-state index contributed by atoms with van der Waals surface area (Å²) < 4.78 is 66.1. The summed E-state index contributed by atoms with van der Waals surface area (Å²) in [6.45, 7) is 0.906. The average Bonchev–Trinajstić information content (AvgIpc) is 2.91. The van der Waals surface area contributed by atoms with Crippen LogP contribution in [0.3, 0.4) is 0 Å². The van der Waals surface area contributed by atoms with Gasteiger partial charge in [0.05, 0.1) is 5.69 Å². The van der Waals surface area contributed by atoms with Gasteiger partial charge in [-0.25, -0.2) is 8.78 Å². The molecule has 4 rings (SSSR count). The third kappa shape index (κ3) is 3.75. The van der Waals surface area contributed by atoms with Gasteiger partial charge in [-0.1, -0.05) is 30.3 Å². The summed E-state index contributed by atoms with van der Waals surface area (Å²) >= 11 is 0. The monoisotopic (exact) mass is 403 g/mol. The lowest BCUT2D eigenvalue weighted by molar-refractivity contribution is -0.141. The summed E-state index contributed by atoms with van der Waals surface area (Å²) in [5, 5.41) is 10.1. The van der Waals surface area contributed by atoms with Crippen LogP contribution in [-0.2, 0) is 12.7 Å². The second-order valence-electron chi connectivity index (χ2n) is 6.52. The Hall–Kier alpha value is -3.13. The van der Waals surface area contributed by atoms with Crippen molar-refractivity contribution < 1.29 is 22.0 Å². The van der Waals surface area contributed by atoms with Crippen LogP contribution in [0.15, 0.2) is 54.6 Å². The fourth-order valence-corrected chi connectivity index (χ4v) is 3.26. The van der Waals surface area contributed by atoms with E-state index in [2.05, 4.69) is 15.5 Å². The van der Waals surface area contributed by atoms with Gasteiger partial charge in [0.1, 0.15) is 0 Å². The first-order chi connectivity index (χ1) is 13.8. The van der Waals surface area contributed by atoms with E-state index >= 15 is 0 Å². The number of fused-ring (bicyclic) bond motifs is 1. The lowest BCUT2D eigenvalue weighted by Gasteiger charge is -2.14. The molecule has 29 heavy (non-hydrogen) atoms. The van der Waals surface area contributed by atoms with Crippen molar-refractivity contribution in [3.63, 3.8) is 0 Å². The minimum atomic E-state index is -4.56. The Labute approximate surface area is 162 Å². The first-order valence-electron chi connectivity index (χ1n) is 8.74. The molecular weight excluding hydrogens is 389 g/mol. The van der Waals surface area contributed by atoms with E-state index in [9.17, 15) is 22.0 Å². The molecule has 8 heteroatoms. The maximum atomic E-state index is 14.3. The van der Waals surface area contributed by atoms with Crippen molar-refractivity contribution in [3.8, 4) is 11.3 Å². The van der Waals surface area contributed by atoms with Gasteiger partial charge >= 0.3 is 6.18 Å². The van der Waals surface area contributed by atoms with Crippen LogP contribution in [0.25, 0.3) is 16.8 Å². The molecule has 1 aromatic heterocycles. The van der Waals surface area contributed by atoms with Gasteiger partial charge in [-0.05, 0) is 41.0 Å². The third-order valence-electron chi connectivity index (χ3n) is 4.65. The standard InChI is InChI=1S/C21H14F5N3/c22-17-3-1-2-16(20(17)23)15-8-9-27-11-13-10-12(4-5-14(13)15)18-6-7-19(29-28-18)21(24,25)26/h1-8,10,27H,9,11H2. The van der Waals surface area contributed by atoms with E-state index in [0.717, 1.165) is 17.7 Å². The molecular formula is C21H14F5N3. The molecule has 0 atom stereocenters. The Bertz CT molecular complexity index is 1090. The number of nitrogens with one attached hydrogen (secondary N) is 1. The van der Waals surface area contributed by atoms with E-state index in [0.29, 0.717) is 29.8 Å². The fraction of sp³-hybridized carbons (Fsp3) is 0.143. The van der Waals surface area contributed by atoms with E-state index in [4.69, 9.17) is 0 Å². The molecule has 2 heterocycles. The predicted molar refractivity (Wildman–Crippen MR) is 97.6 cm³/mol. The highest BCUT2D eigenvalue weighted by molar-refractivity contribution is 5.83. The molecule has 0 spiro atoms. The topological polar surface area (TPSA) is 37.8 Å². The molecule has 148 valence electrons. The van der Waals surface area contributed by atoms with Gasteiger partial charge in [0.2, 0.25) is 0 Å². The van der Waals surface area contributed by atoms with E-state index in [1.54, 1.807) is 24.3 Å². The van der Waals surface area contributed by atoms with Gasteiger partial charge in [-0.2, -0.15) is 13.2 Å². The molecule has 3 nitrogen and oxygen atoms in total. The van der Waals surface area contributed by atoms with Gasteiger partial charge in [-0.15, -0.1) is 10.2 Å². The van der Waals surface area contributed by atoms with Gasteiger partial charge < -0.3 is 5.32 Å². The number of aromatic nitrogens is 2. The van der Waals surface area contributed by atoms with Crippen LogP contribution >= 0.6 is 0 Å². The highest BCUT2D eigenvalue weighted by Gasteiger charge is 2.33. The number of benzene rings is 2. The molecule has 0 aliphatic carbocycles. The van der Waals surface area contributed by atoms with Crippen LogP contribution in [0.2, 0.25) is 0 Å². The zero-order chi connectivity index (χ0) is 20.6. The molecule has 0 amide bonds. The Morgan fingerprint density at radius 2 is 1.72 bits per heavy atom. The van der Waals surface area contributed by atoms with E-state index in [1.807, 2.05) is 0 Å². The van der Waals surface area contributed by atoms with Gasteiger partial charge in [0.25, 0.3) is 0 Å². The Morgan fingerprint density at radius 3 is 2.45 bits per heavy atom. The summed E-state index contributed by atoms with van der Waals surface area (Å²) in [6, 6.07) is 11.3. The zero-order valence-electron chi connectivity index (χ0n) is 14.9. The normalized spacial score (nSPS) is 14.2. The summed E-state index contributed by atoms with van der Waals surface area (Å²) in [7, 11) is 0. The van der Waals surface area contributed by atoms with Crippen molar-refractivity contribution >= 4 is 5.57 Å². The summed E-state index contributed by atoms with van der Waals surface area (Å²) in [4.78, 5) is 0. The molecule has 0 unspecified atom stereocenters. The molecule has 0 saturated heterocycles. The summed E-state index contributed by atoms with van der Waals surface area (Å²) in [5.41, 5.74) is 1.99. The minimum Gasteiger partial charge on any atom is -0.309 e. The lowest BCUT2D eigenvalue weighted by Crippen LogP contribution is -2.11. The van der Waals surface area contributed by atoms with Crippen LogP contribution < -0.4 is 5.32 Å². The number of halogens is 5. The van der Waals surface area contributed by atoms with Gasteiger partial charge in [-0.3, -0.25) is 0 Å². The van der Waals surface area contributed by atoms with Crippen molar-refractivity contribution in [2.24, 2.45) is 0 Å². The molecule has 1 N–H and O–H groups in total. The second kappa shape index (κ2) is 7.36. The Morgan fingerprint density at radius 1 is 0.897 bits per heavy atom. The first-order valence-corrected chi connectivity index (χ1v) is 8.74.